The quantitative estimate of drug-likeness (QED) is 0.317. The van der Waals surface area contributed by atoms with Gasteiger partial charge in [-0.25, -0.2) is 9.97 Å². The number of carbonyl (C=O) groups excluding carboxylic acids is 1. The molecular formula is C33H32N8O2. The van der Waals surface area contributed by atoms with E-state index in [1.165, 1.54) is 12.8 Å². The fourth-order valence-corrected chi connectivity index (χ4v) is 7.12. The number of hydrogen-bond donors (Lipinski definition) is 1. The number of likely N-dealkylation sites (tertiary alicyclic amines) is 1. The Bertz CT molecular complexity index is 1980. The first-order valence-electron chi connectivity index (χ1n) is 14.9. The molecule has 216 valence electrons. The van der Waals surface area contributed by atoms with Crippen LogP contribution < -0.4 is 10.5 Å². The Kier molecular flexibility index (Phi) is 5.81. The highest BCUT2D eigenvalue weighted by molar-refractivity contribution is 6.00. The number of ether oxygens (including phenoxy) is 1. The van der Waals surface area contributed by atoms with Crippen LogP contribution in [0.1, 0.15) is 41.6 Å². The van der Waals surface area contributed by atoms with Gasteiger partial charge in [-0.05, 0) is 73.9 Å². The van der Waals surface area contributed by atoms with Crippen molar-refractivity contribution in [1.29, 1.82) is 5.26 Å². The number of imidazole rings is 1. The highest BCUT2D eigenvalue weighted by Gasteiger charge is 2.47. The average molecular weight is 573 g/mol. The summed E-state index contributed by atoms with van der Waals surface area (Å²) < 4.78 is 10.2. The van der Waals surface area contributed by atoms with Gasteiger partial charge in [0.15, 0.2) is 5.82 Å². The number of methoxy groups -OCH3 is 1. The molecule has 1 aliphatic heterocycles. The smallest absolute Gasteiger partial charge is 0.254 e. The summed E-state index contributed by atoms with van der Waals surface area (Å²) in [5.41, 5.74) is 12.4. The molecule has 3 atom stereocenters. The molecular weight excluding hydrogens is 540 g/mol. The van der Waals surface area contributed by atoms with Gasteiger partial charge in [-0.1, -0.05) is 0 Å². The summed E-state index contributed by atoms with van der Waals surface area (Å²) in [6, 6.07) is 14.0. The number of nitrogens with two attached hydrogens (primary N) is 1. The van der Waals surface area contributed by atoms with Crippen LogP contribution in [-0.2, 0) is 13.6 Å². The Hall–Kier alpha value is -4.75. The Labute approximate surface area is 248 Å². The minimum absolute atomic E-state index is 0.00964. The molecule has 10 nitrogen and oxygen atoms in total. The van der Waals surface area contributed by atoms with Crippen molar-refractivity contribution in [3.8, 4) is 34.6 Å². The number of aryl methyl sites for hydroxylation is 1. The van der Waals surface area contributed by atoms with E-state index in [0.717, 1.165) is 58.7 Å². The predicted octanol–water partition coefficient (Wildman–Crippen LogP) is 4.50. The van der Waals surface area contributed by atoms with E-state index in [1.54, 1.807) is 19.5 Å². The highest BCUT2D eigenvalue weighted by atomic mass is 16.5. The summed E-state index contributed by atoms with van der Waals surface area (Å²) in [5.74, 6) is 2.37. The van der Waals surface area contributed by atoms with Crippen LogP contribution in [0.25, 0.3) is 44.8 Å². The summed E-state index contributed by atoms with van der Waals surface area (Å²) in [6.07, 6.45) is 7.73. The summed E-state index contributed by atoms with van der Waals surface area (Å²) in [4.78, 5) is 30.0. The van der Waals surface area contributed by atoms with Crippen LogP contribution in [0.15, 0.2) is 48.8 Å². The minimum Gasteiger partial charge on any atom is -0.494 e. The number of rotatable bonds is 6. The molecule has 43 heavy (non-hydrogen) atoms. The highest BCUT2D eigenvalue weighted by Crippen LogP contribution is 2.40. The molecule has 3 fully saturated rings. The number of fused-ring (bicyclic) bond motifs is 4. The lowest BCUT2D eigenvalue weighted by Crippen LogP contribution is -2.41. The third kappa shape index (κ3) is 4.10. The molecule has 5 heterocycles. The van der Waals surface area contributed by atoms with Gasteiger partial charge in [-0.15, -0.1) is 0 Å². The standard InChI is InChI=1S/C33H32N8O2/c1-39-30-25(10-22(12-28(30)43-2)33(42)41-17-21-6-8-26(41)29(21)35)38-32(39)27-11-20-5-7-24(23-9-19(13-34)14-36-15-23)37-31(20)40(27)16-18-3-4-18/h5,7,9-12,14-15,18,21,26,29H,3-4,6,8,16-17,35H2,1-2H3/t21?,26?,29-/m1/s1. The van der Waals surface area contributed by atoms with Gasteiger partial charge in [-0.2, -0.15) is 5.26 Å². The van der Waals surface area contributed by atoms with Gasteiger partial charge in [-0.3, -0.25) is 9.78 Å². The van der Waals surface area contributed by atoms with Crippen molar-refractivity contribution in [3.63, 3.8) is 0 Å². The summed E-state index contributed by atoms with van der Waals surface area (Å²) >= 11 is 0. The van der Waals surface area contributed by atoms with E-state index < -0.39 is 0 Å². The molecule has 2 bridgehead atoms. The number of nitriles is 1. The molecule has 1 saturated heterocycles. The van der Waals surface area contributed by atoms with Crippen LogP contribution in [0.3, 0.4) is 0 Å². The van der Waals surface area contributed by atoms with E-state index in [1.807, 2.05) is 36.2 Å². The Morgan fingerprint density at radius 1 is 1.12 bits per heavy atom. The van der Waals surface area contributed by atoms with Gasteiger partial charge >= 0.3 is 0 Å². The van der Waals surface area contributed by atoms with Crippen molar-refractivity contribution in [2.24, 2.45) is 24.6 Å². The van der Waals surface area contributed by atoms with E-state index in [-0.39, 0.29) is 18.0 Å². The molecule has 1 aromatic carbocycles. The molecule has 1 amide bonds. The molecule has 10 heteroatoms. The third-order valence-electron chi connectivity index (χ3n) is 9.59. The van der Waals surface area contributed by atoms with E-state index in [9.17, 15) is 10.1 Å². The second-order valence-corrected chi connectivity index (χ2v) is 12.2. The molecule has 2 unspecified atom stereocenters. The van der Waals surface area contributed by atoms with Gasteiger partial charge in [0.2, 0.25) is 0 Å². The largest absolute Gasteiger partial charge is 0.494 e. The first-order chi connectivity index (χ1) is 20.9. The third-order valence-corrected chi connectivity index (χ3v) is 9.59. The number of pyridine rings is 2. The fourth-order valence-electron chi connectivity index (χ4n) is 7.12. The molecule has 2 N–H and O–H groups in total. The number of nitrogens with zero attached hydrogens (tertiary/aromatic N) is 7. The van der Waals surface area contributed by atoms with Crippen molar-refractivity contribution in [2.75, 3.05) is 13.7 Å². The number of aromatic nitrogens is 5. The Morgan fingerprint density at radius 3 is 2.70 bits per heavy atom. The van der Waals surface area contributed by atoms with Crippen LogP contribution in [0, 0.1) is 23.2 Å². The normalized spacial score (nSPS) is 21.2. The van der Waals surface area contributed by atoms with Crippen molar-refractivity contribution >= 4 is 28.0 Å². The van der Waals surface area contributed by atoms with Gasteiger partial charge in [0.05, 0.1) is 29.6 Å². The van der Waals surface area contributed by atoms with Gasteiger partial charge < -0.3 is 24.5 Å². The fraction of sp³-hybridized carbons (Fsp3) is 0.364. The molecule has 2 aliphatic carbocycles. The lowest BCUT2D eigenvalue weighted by molar-refractivity contribution is 0.0700. The van der Waals surface area contributed by atoms with Crippen LogP contribution in [0.2, 0.25) is 0 Å². The van der Waals surface area contributed by atoms with Crippen LogP contribution in [0.4, 0.5) is 0 Å². The van der Waals surface area contributed by atoms with Crippen molar-refractivity contribution in [1.82, 2.24) is 29.0 Å². The number of piperidine rings is 1. The second kappa shape index (κ2) is 9.64. The van der Waals surface area contributed by atoms with Gasteiger partial charge in [0.1, 0.15) is 23.0 Å². The second-order valence-electron chi connectivity index (χ2n) is 12.2. The number of hydrogen-bond acceptors (Lipinski definition) is 7. The van der Waals surface area contributed by atoms with E-state index in [0.29, 0.717) is 40.8 Å². The zero-order valence-corrected chi connectivity index (χ0v) is 24.2. The molecule has 0 radical (unpaired) electrons. The van der Waals surface area contributed by atoms with E-state index in [4.69, 9.17) is 20.4 Å². The Morgan fingerprint density at radius 2 is 1.98 bits per heavy atom. The molecule has 8 rings (SSSR count). The van der Waals surface area contributed by atoms with E-state index in [2.05, 4.69) is 32.3 Å². The zero-order chi connectivity index (χ0) is 29.4. The SMILES string of the molecule is COc1cc(C(=O)N2CC3CCC2[C@@H]3N)cc2nc(-c3cc4ccc(-c5cncc(C#N)c5)nc4n3CC3CC3)n(C)c12. The summed E-state index contributed by atoms with van der Waals surface area (Å²) in [6.45, 7) is 1.55. The van der Waals surface area contributed by atoms with Crippen LogP contribution in [0.5, 0.6) is 5.75 Å². The minimum atomic E-state index is -0.00964. The van der Waals surface area contributed by atoms with Gasteiger partial charge in [0, 0.05) is 61.1 Å². The van der Waals surface area contributed by atoms with E-state index >= 15 is 0 Å². The maximum atomic E-state index is 13.7. The topological polar surface area (TPSA) is 128 Å². The maximum Gasteiger partial charge on any atom is 0.254 e. The maximum absolute atomic E-state index is 13.7. The number of benzene rings is 1. The molecule has 4 aromatic heterocycles. The van der Waals surface area contributed by atoms with Crippen molar-refractivity contribution in [3.05, 3.63) is 59.9 Å². The van der Waals surface area contributed by atoms with Gasteiger partial charge in [0.25, 0.3) is 5.91 Å². The average Bonchev–Trinajstić information content (AvgIpc) is 3.44. The Balaban J connectivity index is 1.24. The van der Waals surface area contributed by atoms with Crippen LogP contribution >= 0.6 is 0 Å². The molecule has 2 saturated carbocycles. The lowest BCUT2D eigenvalue weighted by atomic mass is 10.1. The number of carbonyl (C=O) groups is 1. The van der Waals surface area contributed by atoms with Crippen molar-refractivity contribution < 1.29 is 9.53 Å². The molecule has 5 aromatic rings. The first-order valence-corrected chi connectivity index (χ1v) is 14.9. The summed E-state index contributed by atoms with van der Waals surface area (Å²) in [7, 11) is 3.62. The van der Waals surface area contributed by atoms with Crippen molar-refractivity contribution in [2.45, 2.75) is 44.3 Å². The predicted molar refractivity (Wildman–Crippen MR) is 162 cm³/mol. The van der Waals surface area contributed by atoms with Crippen LogP contribution in [-0.4, -0.2) is 60.6 Å². The summed E-state index contributed by atoms with van der Waals surface area (Å²) in [5, 5.41) is 10.4. The monoisotopic (exact) mass is 572 g/mol. The molecule has 3 aliphatic rings. The zero-order valence-electron chi connectivity index (χ0n) is 24.2. The number of amides is 1. The lowest BCUT2D eigenvalue weighted by Gasteiger charge is -2.27. The molecule has 0 spiro atoms. The first kappa shape index (κ1) is 25.9.